The highest BCUT2D eigenvalue weighted by molar-refractivity contribution is 5.80. The van der Waals surface area contributed by atoms with Crippen molar-refractivity contribution in [2.24, 2.45) is 0 Å². The van der Waals surface area contributed by atoms with Crippen molar-refractivity contribution >= 4 is 22.6 Å². The van der Waals surface area contributed by atoms with Crippen LogP contribution in [0.1, 0.15) is 28.9 Å². The number of aromatic nitrogens is 4. The minimum absolute atomic E-state index is 0.0317. The quantitative estimate of drug-likeness (QED) is 0.379. The molecule has 0 saturated carbocycles. The Bertz CT molecular complexity index is 1540. The highest BCUT2D eigenvalue weighted by Gasteiger charge is 2.17. The lowest BCUT2D eigenvalue weighted by atomic mass is 10.1. The highest BCUT2D eigenvalue weighted by Crippen LogP contribution is 2.16. The molecular formula is C28H27N5O2. The number of nitrogens with zero attached hydrogens (tertiary/aromatic N) is 4. The molecule has 0 aliphatic rings. The number of hydrogen-bond donors (Lipinski definition) is 1. The minimum Gasteiger partial charge on any atom is -0.356 e. The maximum Gasteiger partial charge on any atom is 0.263 e. The van der Waals surface area contributed by atoms with E-state index in [1.807, 2.05) is 59.0 Å². The van der Waals surface area contributed by atoms with E-state index in [1.165, 1.54) is 11.1 Å². The summed E-state index contributed by atoms with van der Waals surface area (Å²) in [5.41, 5.74) is 4.06. The van der Waals surface area contributed by atoms with E-state index in [4.69, 9.17) is 0 Å². The van der Waals surface area contributed by atoms with E-state index in [0.29, 0.717) is 42.9 Å². The van der Waals surface area contributed by atoms with Crippen LogP contribution in [-0.4, -0.2) is 31.6 Å². The van der Waals surface area contributed by atoms with Gasteiger partial charge in [-0.3, -0.25) is 18.6 Å². The Hall–Kier alpha value is -4.26. The number of benzene rings is 3. The molecule has 0 atom stereocenters. The van der Waals surface area contributed by atoms with Crippen LogP contribution in [0.3, 0.4) is 0 Å². The van der Waals surface area contributed by atoms with Crippen LogP contribution >= 0.6 is 0 Å². The fourth-order valence-electron chi connectivity index (χ4n) is 4.30. The average molecular weight is 466 g/mol. The van der Waals surface area contributed by atoms with Crippen LogP contribution in [0.25, 0.3) is 16.7 Å². The van der Waals surface area contributed by atoms with Gasteiger partial charge in [-0.05, 0) is 36.6 Å². The van der Waals surface area contributed by atoms with Crippen LogP contribution in [0.5, 0.6) is 0 Å². The van der Waals surface area contributed by atoms with Crippen molar-refractivity contribution in [3.05, 3.63) is 112 Å². The molecule has 0 bridgehead atoms. The zero-order valence-electron chi connectivity index (χ0n) is 19.6. The van der Waals surface area contributed by atoms with Gasteiger partial charge >= 0.3 is 0 Å². The van der Waals surface area contributed by atoms with Gasteiger partial charge in [0.05, 0.1) is 17.4 Å². The molecule has 0 saturated heterocycles. The second kappa shape index (κ2) is 9.93. The summed E-state index contributed by atoms with van der Waals surface area (Å²) in [5.74, 6) is 1.11. The molecule has 0 unspecified atom stereocenters. The number of nitrogens with one attached hydrogen (secondary N) is 1. The maximum absolute atomic E-state index is 13.3. The standard InChI is InChI=1S/C28H27N5O2/c1-20-11-13-21(14-12-20)17-18-29-26(34)16-15-25-30-31-28-32(19-22-7-3-2-4-8-22)27(35)23-9-5-6-10-24(23)33(25)28/h2-14H,15-19H2,1H3,(H,29,34). The molecule has 3 aromatic carbocycles. The number of aryl methyl sites for hydroxylation is 2. The highest BCUT2D eigenvalue weighted by atomic mass is 16.1. The predicted octanol–water partition coefficient (Wildman–Crippen LogP) is 3.69. The number of rotatable bonds is 8. The number of hydrogen-bond acceptors (Lipinski definition) is 4. The normalized spacial score (nSPS) is 11.2. The molecule has 0 fully saturated rings. The van der Waals surface area contributed by atoms with Crippen molar-refractivity contribution in [3.63, 3.8) is 0 Å². The number of para-hydroxylation sites is 1. The second-order valence-corrected chi connectivity index (χ2v) is 8.73. The lowest BCUT2D eigenvalue weighted by Crippen LogP contribution is -2.26. The molecule has 35 heavy (non-hydrogen) atoms. The summed E-state index contributed by atoms with van der Waals surface area (Å²) in [5, 5.41) is 12.3. The molecule has 0 radical (unpaired) electrons. The average Bonchev–Trinajstić information content (AvgIpc) is 3.31. The van der Waals surface area contributed by atoms with Crippen molar-refractivity contribution < 1.29 is 4.79 Å². The first kappa shape index (κ1) is 22.5. The van der Waals surface area contributed by atoms with Gasteiger partial charge in [0.15, 0.2) is 0 Å². The molecule has 0 spiro atoms. The van der Waals surface area contributed by atoms with E-state index in [9.17, 15) is 9.59 Å². The molecule has 0 aliphatic heterocycles. The molecule has 2 heterocycles. The third-order valence-electron chi connectivity index (χ3n) is 6.19. The van der Waals surface area contributed by atoms with E-state index in [-0.39, 0.29) is 11.5 Å². The summed E-state index contributed by atoms with van der Waals surface area (Å²) in [6.07, 6.45) is 1.50. The zero-order valence-corrected chi connectivity index (χ0v) is 19.6. The van der Waals surface area contributed by atoms with E-state index >= 15 is 0 Å². The van der Waals surface area contributed by atoms with Crippen molar-refractivity contribution in [2.45, 2.75) is 32.7 Å². The van der Waals surface area contributed by atoms with E-state index in [0.717, 1.165) is 17.5 Å². The number of carbonyl (C=O) groups is 1. The van der Waals surface area contributed by atoms with Crippen molar-refractivity contribution in [1.82, 2.24) is 24.5 Å². The molecule has 5 rings (SSSR count). The molecule has 176 valence electrons. The SMILES string of the molecule is Cc1ccc(CCNC(=O)CCc2nnc3n(Cc4ccccc4)c(=O)c4ccccc4n23)cc1. The number of carbonyl (C=O) groups excluding carboxylic acids is 1. The van der Waals surface area contributed by atoms with Crippen LogP contribution in [-0.2, 0) is 24.2 Å². The number of amides is 1. The molecule has 2 aromatic heterocycles. The van der Waals surface area contributed by atoms with E-state index < -0.39 is 0 Å². The molecule has 7 nitrogen and oxygen atoms in total. The molecule has 7 heteroatoms. The van der Waals surface area contributed by atoms with Crippen molar-refractivity contribution in [3.8, 4) is 0 Å². The van der Waals surface area contributed by atoms with Crippen LogP contribution in [0.4, 0.5) is 0 Å². The summed E-state index contributed by atoms with van der Waals surface area (Å²) >= 11 is 0. The Labute approximate surface area is 203 Å². The van der Waals surface area contributed by atoms with Gasteiger partial charge < -0.3 is 5.32 Å². The van der Waals surface area contributed by atoms with Gasteiger partial charge in [-0.1, -0.05) is 72.3 Å². The third kappa shape index (κ3) is 4.84. The summed E-state index contributed by atoms with van der Waals surface area (Å²) in [6, 6.07) is 25.6. The first-order chi connectivity index (χ1) is 17.1. The molecule has 1 N–H and O–H groups in total. The number of fused-ring (bicyclic) bond motifs is 3. The monoisotopic (exact) mass is 465 g/mol. The first-order valence-corrected chi connectivity index (χ1v) is 11.8. The van der Waals surface area contributed by atoms with Gasteiger partial charge in [0.25, 0.3) is 5.56 Å². The van der Waals surface area contributed by atoms with E-state index in [2.05, 4.69) is 46.7 Å². The molecule has 5 aromatic rings. The second-order valence-electron chi connectivity index (χ2n) is 8.73. The van der Waals surface area contributed by atoms with Gasteiger partial charge in [0.1, 0.15) is 5.82 Å². The van der Waals surface area contributed by atoms with Gasteiger partial charge in [-0.2, -0.15) is 0 Å². The molecular weight excluding hydrogens is 438 g/mol. The lowest BCUT2D eigenvalue weighted by molar-refractivity contribution is -0.121. The van der Waals surface area contributed by atoms with Crippen molar-refractivity contribution in [2.75, 3.05) is 6.54 Å². The Morgan fingerprint density at radius 1 is 0.857 bits per heavy atom. The lowest BCUT2D eigenvalue weighted by Gasteiger charge is -2.11. The van der Waals surface area contributed by atoms with Crippen molar-refractivity contribution in [1.29, 1.82) is 0 Å². The summed E-state index contributed by atoms with van der Waals surface area (Å²) < 4.78 is 3.55. The summed E-state index contributed by atoms with van der Waals surface area (Å²) in [4.78, 5) is 25.8. The van der Waals surface area contributed by atoms with Crippen LogP contribution in [0.2, 0.25) is 0 Å². The first-order valence-electron chi connectivity index (χ1n) is 11.8. The summed E-state index contributed by atoms with van der Waals surface area (Å²) in [6.45, 7) is 3.04. The zero-order chi connectivity index (χ0) is 24.2. The molecule has 0 aliphatic carbocycles. The molecule has 1 amide bonds. The smallest absolute Gasteiger partial charge is 0.263 e. The van der Waals surface area contributed by atoms with Gasteiger partial charge in [0.2, 0.25) is 11.7 Å². The topological polar surface area (TPSA) is 81.3 Å². The maximum atomic E-state index is 13.3. The van der Waals surface area contributed by atoms with Gasteiger partial charge in [0, 0.05) is 19.4 Å². The Morgan fingerprint density at radius 2 is 1.60 bits per heavy atom. The van der Waals surface area contributed by atoms with Gasteiger partial charge in [-0.15, -0.1) is 10.2 Å². The fourth-order valence-corrected chi connectivity index (χ4v) is 4.30. The fraction of sp³-hybridized carbons (Fsp3) is 0.214. The summed E-state index contributed by atoms with van der Waals surface area (Å²) in [7, 11) is 0. The third-order valence-corrected chi connectivity index (χ3v) is 6.19. The minimum atomic E-state index is -0.107. The Kier molecular flexibility index (Phi) is 6.39. The van der Waals surface area contributed by atoms with Crippen LogP contribution in [0.15, 0.2) is 83.7 Å². The van der Waals surface area contributed by atoms with Crippen LogP contribution < -0.4 is 10.9 Å². The van der Waals surface area contributed by atoms with Crippen LogP contribution in [0, 0.1) is 6.92 Å². The van der Waals surface area contributed by atoms with E-state index in [1.54, 1.807) is 4.57 Å². The largest absolute Gasteiger partial charge is 0.356 e. The van der Waals surface area contributed by atoms with Gasteiger partial charge in [-0.25, -0.2) is 0 Å². The predicted molar refractivity (Wildman–Crippen MR) is 137 cm³/mol. The Balaban J connectivity index is 1.36. The Morgan fingerprint density at radius 3 is 2.40 bits per heavy atom.